The lowest BCUT2D eigenvalue weighted by molar-refractivity contribution is -0.142. The maximum absolute atomic E-state index is 13.4. The van der Waals surface area contributed by atoms with E-state index >= 15 is 0 Å². The van der Waals surface area contributed by atoms with Crippen molar-refractivity contribution in [1.82, 2.24) is 5.32 Å². The van der Waals surface area contributed by atoms with Crippen molar-refractivity contribution >= 4 is 11.9 Å². The molecule has 1 saturated carbocycles. The topological polar surface area (TPSA) is 66.4 Å². The summed E-state index contributed by atoms with van der Waals surface area (Å²) in [5.74, 6) is -4.05. The third-order valence-electron chi connectivity index (χ3n) is 3.33. The fraction of sp³-hybridized carbons (Fsp3) is 0.385. The SMILES string of the molecule is O=C(NC1CCCC1C(=O)O)c1ccc(F)cc1F. The molecule has 0 aromatic heterocycles. The summed E-state index contributed by atoms with van der Waals surface area (Å²) in [5.41, 5.74) is -0.280. The van der Waals surface area contributed by atoms with Gasteiger partial charge in [0.2, 0.25) is 0 Å². The smallest absolute Gasteiger partial charge is 0.308 e. The van der Waals surface area contributed by atoms with Gasteiger partial charge in [-0.3, -0.25) is 9.59 Å². The maximum Gasteiger partial charge on any atom is 0.308 e. The van der Waals surface area contributed by atoms with Crippen molar-refractivity contribution < 1.29 is 23.5 Å². The van der Waals surface area contributed by atoms with Crippen LogP contribution in [0.1, 0.15) is 29.6 Å². The minimum Gasteiger partial charge on any atom is -0.481 e. The molecule has 0 saturated heterocycles. The number of nitrogens with one attached hydrogen (secondary N) is 1. The predicted molar refractivity (Wildman–Crippen MR) is 62.6 cm³/mol. The Morgan fingerprint density at radius 2 is 2.00 bits per heavy atom. The van der Waals surface area contributed by atoms with Crippen LogP contribution in [0.5, 0.6) is 0 Å². The first kappa shape index (κ1) is 13.5. The molecule has 2 N–H and O–H groups in total. The lowest BCUT2D eigenvalue weighted by Gasteiger charge is -2.17. The van der Waals surface area contributed by atoms with Gasteiger partial charge in [-0.05, 0) is 25.0 Å². The summed E-state index contributed by atoms with van der Waals surface area (Å²) in [6, 6.07) is 2.15. The Bertz CT molecular complexity index is 519. The van der Waals surface area contributed by atoms with Crippen LogP contribution in [0, 0.1) is 17.6 Å². The summed E-state index contributed by atoms with van der Waals surface area (Å²) in [7, 11) is 0. The normalized spacial score (nSPS) is 22.2. The number of benzene rings is 1. The van der Waals surface area contributed by atoms with E-state index in [2.05, 4.69) is 5.32 Å². The number of aliphatic carboxylic acids is 1. The standard InChI is InChI=1S/C13H13F2NO3/c14-7-4-5-8(10(15)6-7)12(17)16-11-3-1-2-9(11)13(18)19/h4-6,9,11H,1-3H2,(H,16,17)(H,18,19). The third-order valence-corrected chi connectivity index (χ3v) is 3.33. The highest BCUT2D eigenvalue weighted by atomic mass is 19.1. The predicted octanol–water partition coefficient (Wildman–Crippen LogP) is 1.95. The van der Waals surface area contributed by atoms with Gasteiger partial charge < -0.3 is 10.4 Å². The Morgan fingerprint density at radius 3 is 2.63 bits per heavy atom. The van der Waals surface area contributed by atoms with Gasteiger partial charge in [0.25, 0.3) is 5.91 Å². The van der Waals surface area contributed by atoms with Gasteiger partial charge in [-0.25, -0.2) is 8.78 Å². The number of rotatable bonds is 3. The minimum atomic E-state index is -0.970. The zero-order valence-electron chi connectivity index (χ0n) is 10.0. The molecule has 0 radical (unpaired) electrons. The molecule has 0 aliphatic heterocycles. The maximum atomic E-state index is 13.4. The van der Waals surface area contributed by atoms with E-state index in [1.54, 1.807) is 0 Å². The molecular weight excluding hydrogens is 256 g/mol. The summed E-state index contributed by atoms with van der Waals surface area (Å²) >= 11 is 0. The molecule has 2 unspecified atom stereocenters. The van der Waals surface area contributed by atoms with Gasteiger partial charge >= 0.3 is 5.97 Å². The second kappa shape index (κ2) is 5.34. The van der Waals surface area contributed by atoms with Crippen LogP contribution in [0.4, 0.5) is 8.78 Å². The minimum absolute atomic E-state index is 0.280. The Kier molecular flexibility index (Phi) is 3.78. The molecule has 1 fully saturated rings. The molecular formula is C13H13F2NO3. The van der Waals surface area contributed by atoms with Crippen molar-refractivity contribution in [2.24, 2.45) is 5.92 Å². The highest BCUT2D eigenvalue weighted by molar-refractivity contribution is 5.95. The van der Waals surface area contributed by atoms with Crippen LogP contribution < -0.4 is 5.32 Å². The first-order chi connectivity index (χ1) is 8.99. The number of amides is 1. The van der Waals surface area contributed by atoms with E-state index in [0.29, 0.717) is 25.3 Å². The van der Waals surface area contributed by atoms with Gasteiger partial charge in [0.1, 0.15) is 11.6 Å². The van der Waals surface area contributed by atoms with Gasteiger partial charge in [0, 0.05) is 12.1 Å². The van der Waals surface area contributed by atoms with Crippen LogP contribution in [0.2, 0.25) is 0 Å². The number of hydrogen-bond donors (Lipinski definition) is 2. The lowest BCUT2D eigenvalue weighted by Crippen LogP contribution is -2.40. The van der Waals surface area contributed by atoms with E-state index in [0.717, 1.165) is 12.1 Å². The number of carboxylic acids is 1. The van der Waals surface area contributed by atoms with Crippen LogP contribution in [-0.4, -0.2) is 23.0 Å². The van der Waals surface area contributed by atoms with Crippen molar-refractivity contribution in [3.63, 3.8) is 0 Å². The summed E-state index contributed by atoms with van der Waals surface area (Å²) in [5, 5.41) is 11.5. The molecule has 19 heavy (non-hydrogen) atoms. The molecule has 0 bridgehead atoms. The third kappa shape index (κ3) is 2.89. The van der Waals surface area contributed by atoms with Gasteiger partial charge in [-0.2, -0.15) is 0 Å². The van der Waals surface area contributed by atoms with E-state index < -0.39 is 35.5 Å². The Hall–Kier alpha value is -1.98. The highest BCUT2D eigenvalue weighted by Gasteiger charge is 2.34. The molecule has 1 aliphatic carbocycles. The Labute approximate surface area is 108 Å². The first-order valence-corrected chi connectivity index (χ1v) is 5.98. The number of carbonyl (C=O) groups is 2. The van der Waals surface area contributed by atoms with E-state index in [4.69, 9.17) is 5.11 Å². The quantitative estimate of drug-likeness (QED) is 0.881. The number of carboxylic acid groups (broad SMARTS) is 1. The second-order valence-corrected chi connectivity index (χ2v) is 4.58. The Balaban J connectivity index is 2.10. The van der Waals surface area contributed by atoms with Crippen LogP contribution in [0.15, 0.2) is 18.2 Å². The van der Waals surface area contributed by atoms with Gasteiger partial charge in [-0.1, -0.05) is 6.42 Å². The summed E-state index contributed by atoms with van der Waals surface area (Å²) < 4.78 is 26.1. The fourth-order valence-electron chi connectivity index (χ4n) is 2.35. The highest BCUT2D eigenvalue weighted by Crippen LogP contribution is 2.26. The molecule has 4 nitrogen and oxygen atoms in total. The average Bonchev–Trinajstić information content (AvgIpc) is 2.76. The molecule has 1 aromatic carbocycles. The fourth-order valence-corrected chi connectivity index (χ4v) is 2.35. The van der Waals surface area contributed by atoms with Crippen molar-refractivity contribution in [1.29, 1.82) is 0 Å². The van der Waals surface area contributed by atoms with Crippen molar-refractivity contribution in [2.45, 2.75) is 25.3 Å². The van der Waals surface area contributed by atoms with E-state index in [-0.39, 0.29) is 5.56 Å². The van der Waals surface area contributed by atoms with Crippen molar-refractivity contribution in [3.05, 3.63) is 35.4 Å². The van der Waals surface area contributed by atoms with Crippen molar-refractivity contribution in [2.75, 3.05) is 0 Å². The molecule has 0 heterocycles. The summed E-state index contributed by atoms with van der Waals surface area (Å²) in [6.45, 7) is 0. The number of halogens is 2. The average molecular weight is 269 g/mol. The van der Waals surface area contributed by atoms with Crippen LogP contribution >= 0.6 is 0 Å². The van der Waals surface area contributed by atoms with Crippen LogP contribution in [-0.2, 0) is 4.79 Å². The zero-order valence-corrected chi connectivity index (χ0v) is 10.0. The molecule has 102 valence electrons. The van der Waals surface area contributed by atoms with Crippen LogP contribution in [0.3, 0.4) is 0 Å². The molecule has 1 aromatic rings. The molecule has 1 amide bonds. The van der Waals surface area contributed by atoms with Gasteiger partial charge in [-0.15, -0.1) is 0 Å². The summed E-state index contributed by atoms with van der Waals surface area (Å²) in [6.07, 6.45) is 1.74. The monoisotopic (exact) mass is 269 g/mol. The molecule has 2 rings (SSSR count). The van der Waals surface area contributed by atoms with Gasteiger partial charge in [0.05, 0.1) is 11.5 Å². The molecule has 6 heteroatoms. The zero-order chi connectivity index (χ0) is 14.0. The molecule has 2 atom stereocenters. The van der Waals surface area contributed by atoms with Crippen molar-refractivity contribution in [3.8, 4) is 0 Å². The summed E-state index contributed by atoms with van der Waals surface area (Å²) in [4.78, 5) is 22.8. The second-order valence-electron chi connectivity index (χ2n) is 4.58. The lowest BCUT2D eigenvalue weighted by atomic mass is 10.0. The van der Waals surface area contributed by atoms with E-state index in [9.17, 15) is 18.4 Å². The number of hydrogen-bond acceptors (Lipinski definition) is 2. The largest absolute Gasteiger partial charge is 0.481 e. The Morgan fingerprint density at radius 1 is 1.26 bits per heavy atom. The van der Waals surface area contributed by atoms with Gasteiger partial charge in [0.15, 0.2) is 0 Å². The first-order valence-electron chi connectivity index (χ1n) is 5.98. The molecule has 1 aliphatic rings. The van der Waals surface area contributed by atoms with Crippen LogP contribution in [0.25, 0.3) is 0 Å². The van der Waals surface area contributed by atoms with E-state index in [1.807, 2.05) is 0 Å². The van der Waals surface area contributed by atoms with E-state index in [1.165, 1.54) is 0 Å². The molecule has 0 spiro atoms. The number of carbonyl (C=O) groups excluding carboxylic acids is 1.